The number of nitrogens with zero attached hydrogens (tertiary/aromatic N) is 3. The van der Waals surface area contributed by atoms with Crippen molar-refractivity contribution in [3.8, 4) is 16.3 Å². The fourth-order valence-electron chi connectivity index (χ4n) is 2.68. The Morgan fingerprint density at radius 1 is 0.857 bits per heavy atom. The van der Waals surface area contributed by atoms with Crippen LogP contribution >= 0.6 is 11.3 Å². The first kappa shape index (κ1) is 19.7. The minimum Gasteiger partial charge on any atom is -0.506 e. The second-order valence-electron chi connectivity index (χ2n) is 6.11. The fourth-order valence-corrected chi connectivity index (χ4v) is 3.71. The van der Waals surface area contributed by atoms with Gasteiger partial charge in [0.25, 0.3) is 0 Å². The van der Waals surface area contributed by atoms with E-state index in [0.29, 0.717) is 5.69 Å². The van der Waals surface area contributed by atoms with Crippen molar-refractivity contribution in [3.05, 3.63) is 71.8 Å². The third kappa shape index (κ3) is 4.10. The van der Waals surface area contributed by atoms with Crippen LogP contribution in [0.1, 0.15) is 25.0 Å². The first-order chi connectivity index (χ1) is 13.6. The number of aryl methyl sites for hydroxylation is 2. The summed E-state index contributed by atoms with van der Waals surface area (Å²) < 4.78 is 1.20. The van der Waals surface area contributed by atoms with Gasteiger partial charge in [0.2, 0.25) is 0 Å². The van der Waals surface area contributed by atoms with Crippen molar-refractivity contribution in [2.45, 2.75) is 27.7 Å². The molecule has 0 fully saturated rings. The minimum absolute atomic E-state index is 0.119. The number of hydrogen-bond acceptors (Lipinski definition) is 5. The van der Waals surface area contributed by atoms with Gasteiger partial charge in [-0.2, -0.15) is 5.11 Å². The van der Waals surface area contributed by atoms with Gasteiger partial charge in [-0.05, 0) is 67.4 Å². The Labute approximate surface area is 169 Å². The van der Waals surface area contributed by atoms with E-state index < -0.39 is 0 Å². The summed E-state index contributed by atoms with van der Waals surface area (Å²) in [5, 5.41) is 19.0. The Balaban J connectivity index is 0.00000109. The molecule has 4 nitrogen and oxygen atoms in total. The Hall–Kier alpha value is -3.05. The Morgan fingerprint density at radius 3 is 2.29 bits per heavy atom. The van der Waals surface area contributed by atoms with Gasteiger partial charge >= 0.3 is 0 Å². The monoisotopic (exact) mass is 389 g/mol. The molecule has 0 atom stereocenters. The van der Waals surface area contributed by atoms with Crippen LogP contribution in [0.5, 0.6) is 5.75 Å². The lowest BCUT2D eigenvalue weighted by Gasteiger charge is -1.99. The Morgan fingerprint density at radius 2 is 1.57 bits per heavy atom. The number of benzene rings is 3. The topological polar surface area (TPSA) is 57.8 Å². The number of phenols is 1. The number of thiazole rings is 1. The molecule has 0 saturated carbocycles. The predicted molar refractivity (Wildman–Crippen MR) is 118 cm³/mol. The molecule has 0 amide bonds. The summed E-state index contributed by atoms with van der Waals surface area (Å²) in [5.41, 5.74) is 5.81. The smallest absolute Gasteiger partial charge is 0.143 e. The van der Waals surface area contributed by atoms with E-state index in [4.69, 9.17) is 4.98 Å². The minimum atomic E-state index is 0.119. The highest BCUT2D eigenvalue weighted by molar-refractivity contribution is 7.21. The van der Waals surface area contributed by atoms with Crippen LogP contribution < -0.4 is 0 Å². The molecule has 3 aromatic carbocycles. The van der Waals surface area contributed by atoms with Crippen LogP contribution in [0.25, 0.3) is 20.8 Å². The average Bonchev–Trinajstić information content (AvgIpc) is 3.17. The van der Waals surface area contributed by atoms with E-state index in [1.807, 2.05) is 44.2 Å². The first-order valence-electron chi connectivity index (χ1n) is 9.29. The maximum atomic E-state index is 9.73. The lowest BCUT2D eigenvalue weighted by atomic mass is 10.1. The molecule has 0 aliphatic heterocycles. The zero-order valence-corrected chi connectivity index (χ0v) is 17.3. The molecule has 0 aliphatic rings. The standard InChI is InChI=1S/C21H17N3OS.C2H6/c1-13-7-12-19-20(14(13)2)22-21(26-19)15-8-10-16(11-9-15)23-24-17-5-3-4-6-18(17)25;1-2/h3-12,25H,1-2H3;1-2H3. The lowest BCUT2D eigenvalue weighted by Crippen LogP contribution is -1.82. The van der Waals surface area contributed by atoms with Crippen LogP contribution in [0.15, 0.2) is 70.9 Å². The summed E-state index contributed by atoms with van der Waals surface area (Å²) in [6.07, 6.45) is 0. The highest BCUT2D eigenvalue weighted by Crippen LogP contribution is 2.34. The SMILES string of the molecule is CC.Cc1ccc2sc(-c3ccc(N=Nc4ccccc4O)cc3)nc2c1C. The van der Waals surface area contributed by atoms with E-state index in [9.17, 15) is 5.11 Å². The molecule has 4 aromatic rings. The number of fused-ring (bicyclic) bond motifs is 1. The van der Waals surface area contributed by atoms with Gasteiger partial charge in [-0.3, -0.25) is 0 Å². The van der Waals surface area contributed by atoms with Crippen LogP contribution in [-0.2, 0) is 0 Å². The van der Waals surface area contributed by atoms with Gasteiger partial charge in [0, 0.05) is 5.56 Å². The maximum absolute atomic E-state index is 9.73. The van der Waals surface area contributed by atoms with Crippen molar-refractivity contribution in [3.63, 3.8) is 0 Å². The maximum Gasteiger partial charge on any atom is 0.143 e. The third-order valence-electron chi connectivity index (χ3n) is 4.35. The van der Waals surface area contributed by atoms with E-state index in [-0.39, 0.29) is 5.75 Å². The second-order valence-corrected chi connectivity index (χ2v) is 7.14. The molecule has 0 radical (unpaired) electrons. The number of phenolic OH excluding ortho intramolecular Hbond substituents is 1. The number of aromatic hydroxyl groups is 1. The molecule has 5 heteroatoms. The van der Waals surface area contributed by atoms with E-state index in [2.05, 4.69) is 36.2 Å². The molecule has 1 heterocycles. The summed E-state index contributed by atoms with van der Waals surface area (Å²) in [5.74, 6) is 0.119. The molecule has 0 saturated heterocycles. The van der Waals surface area contributed by atoms with Crippen molar-refractivity contribution < 1.29 is 5.11 Å². The van der Waals surface area contributed by atoms with Crippen LogP contribution in [-0.4, -0.2) is 10.1 Å². The van der Waals surface area contributed by atoms with Crippen molar-refractivity contribution in [2.75, 3.05) is 0 Å². The van der Waals surface area contributed by atoms with E-state index in [0.717, 1.165) is 21.8 Å². The molecule has 1 aromatic heterocycles. The number of aromatic nitrogens is 1. The molecule has 0 aliphatic carbocycles. The van der Waals surface area contributed by atoms with Gasteiger partial charge in [0.05, 0.1) is 15.9 Å². The summed E-state index contributed by atoms with van der Waals surface area (Å²) in [6.45, 7) is 8.22. The molecular formula is C23H23N3OS. The van der Waals surface area contributed by atoms with E-state index >= 15 is 0 Å². The van der Waals surface area contributed by atoms with Crippen molar-refractivity contribution in [1.82, 2.24) is 4.98 Å². The molecule has 0 unspecified atom stereocenters. The van der Waals surface area contributed by atoms with Crippen LogP contribution in [0.2, 0.25) is 0 Å². The summed E-state index contributed by atoms with van der Waals surface area (Å²) in [4.78, 5) is 4.81. The zero-order valence-electron chi connectivity index (χ0n) is 16.5. The molecule has 1 N–H and O–H groups in total. The highest BCUT2D eigenvalue weighted by Gasteiger charge is 2.09. The Kier molecular flexibility index (Phi) is 6.16. The Bertz CT molecular complexity index is 1110. The molecular weight excluding hydrogens is 366 g/mol. The predicted octanol–water partition coefficient (Wildman–Crippen LogP) is 7.73. The summed E-state index contributed by atoms with van der Waals surface area (Å²) in [6, 6.07) is 19.0. The first-order valence-corrected chi connectivity index (χ1v) is 10.1. The van der Waals surface area contributed by atoms with Gasteiger partial charge < -0.3 is 5.11 Å². The average molecular weight is 390 g/mol. The van der Waals surface area contributed by atoms with Gasteiger partial charge in [-0.25, -0.2) is 4.98 Å². The fraction of sp³-hybridized carbons (Fsp3) is 0.174. The van der Waals surface area contributed by atoms with Gasteiger partial charge in [-0.1, -0.05) is 32.0 Å². The van der Waals surface area contributed by atoms with E-state index in [1.165, 1.54) is 15.8 Å². The normalized spacial score (nSPS) is 10.9. The molecule has 0 bridgehead atoms. The van der Waals surface area contributed by atoms with Gasteiger partial charge in [0.1, 0.15) is 16.4 Å². The van der Waals surface area contributed by atoms with Crippen molar-refractivity contribution in [2.24, 2.45) is 10.2 Å². The number of para-hydroxylation sites is 1. The number of hydrogen-bond donors (Lipinski definition) is 1. The van der Waals surface area contributed by atoms with E-state index in [1.54, 1.807) is 29.5 Å². The number of rotatable bonds is 3. The quantitative estimate of drug-likeness (QED) is 0.364. The highest BCUT2D eigenvalue weighted by atomic mass is 32.1. The second kappa shape index (κ2) is 8.76. The molecule has 142 valence electrons. The summed E-state index contributed by atoms with van der Waals surface area (Å²) in [7, 11) is 0. The van der Waals surface area contributed by atoms with Gasteiger partial charge in [0.15, 0.2) is 0 Å². The summed E-state index contributed by atoms with van der Waals surface area (Å²) >= 11 is 1.69. The van der Waals surface area contributed by atoms with Crippen molar-refractivity contribution >= 4 is 32.9 Å². The van der Waals surface area contributed by atoms with Crippen molar-refractivity contribution in [1.29, 1.82) is 0 Å². The van der Waals surface area contributed by atoms with Crippen LogP contribution in [0.4, 0.5) is 11.4 Å². The van der Waals surface area contributed by atoms with Crippen LogP contribution in [0.3, 0.4) is 0 Å². The van der Waals surface area contributed by atoms with Crippen LogP contribution in [0, 0.1) is 13.8 Å². The molecule has 4 rings (SSSR count). The number of azo groups is 1. The molecule has 0 spiro atoms. The van der Waals surface area contributed by atoms with Gasteiger partial charge in [-0.15, -0.1) is 16.5 Å². The third-order valence-corrected chi connectivity index (χ3v) is 5.42. The largest absolute Gasteiger partial charge is 0.506 e. The zero-order chi connectivity index (χ0) is 20.1. The lowest BCUT2D eigenvalue weighted by molar-refractivity contribution is 0.476. The molecule has 28 heavy (non-hydrogen) atoms.